The summed E-state index contributed by atoms with van der Waals surface area (Å²) in [6.45, 7) is 6.65. The van der Waals surface area contributed by atoms with Crippen LogP contribution in [0.25, 0.3) is 0 Å². The minimum Gasteiger partial charge on any atom is -0.494 e. The third kappa shape index (κ3) is 3.84. The normalized spacial score (nSPS) is 21.7. The molecular formula is C24H31N2O3+. The molecule has 2 aromatic rings. The summed E-state index contributed by atoms with van der Waals surface area (Å²) in [5, 5.41) is 11.9. The summed E-state index contributed by atoms with van der Waals surface area (Å²) < 4.78 is 13.4. The van der Waals surface area contributed by atoms with E-state index in [2.05, 4.69) is 21.6 Å². The molecule has 29 heavy (non-hydrogen) atoms. The van der Waals surface area contributed by atoms with Gasteiger partial charge in [0.2, 0.25) is 0 Å². The molecule has 0 aliphatic carbocycles. The zero-order valence-corrected chi connectivity index (χ0v) is 17.4. The Balaban J connectivity index is 1.69. The molecule has 0 saturated heterocycles. The summed E-state index contributed by atoms with van der Waals surface area (Å²) >= 11 is 0. The molecule has 0 spiro atoms. The molecule has 1 unspecified atom stereocenters. The SMILES string of the molecule is CCOc1ccc(N2CC(O)(c3ccc(OCC)cc3)[N+]3=C2CCCCC3)cc1. The van der Waals surface area contributed by atoms with E-state index >= 15 is 0 Å². The molecule has 0 bridgehead atoms. The maximum absolute atomic E-state index is 11.9. The lowest BCUT2D eigenvalue weighted by atomic mass is 10.0. The minimum absolute atomic E-state index is 0.518. The summed E-state index contributed by atoms with van der Waals surface area (Å²) in [6, 6.07) is 16.1. The van der Waals surface area contributed by atoms with Gasteiger partial charge in [0.15, 0.2) is 6.54 Å². The number of hydrogen-bond donors (Lipinski definition) is 1. The van der Waals surface area contributed by atoms with Gasteiger partial charge < -0.3 is 14.6 Å². The Hall–Kier alpha value is -2.53. The van der Waals surface area contributed by atoms with Crippen LogP contribution in [0.1, 0.15) is 45.1 Å². The number of ether oxygens (including phenoxy) is 2. The van der Waals surface area contributed by atoms with Gasteiger partial charge in [0.1, 0.15) is 17.2 Å². The van der Waals surface area contributed by atoms with Crippen molar-refractivity contribution in [2.75, 3.05) is 31.2 Å². The molecular weight excluding hydrogens is 364 g/mol. The first-order valence-corrected chi connectivity index (χ1v) is 10.8. The Morgan fingerprint density at radius 1 is 0.897 bits per heavy atom. The molecule has 2 aromatic carbocycles. The van der Waals surface area contributed by atoms with Crippen molar-refractivity contribution >= 4 is 11.5 Å². The summed E-state index contributed by atoms with van der Waals surface area (Å²) in [6.07, 6.45) is 4.42. The molecule has 154 valence electrons. The van der Waals surface area contributed by atoms with E-state index < -0.39 is 5.72 Å². The van der Waals surface area contributed by atoms with Gasteiger partial charge in [-0.25, -0.2) is 9.48 Å². The molecule has 0 saturated carbocycles. The lowest BCUT2D eigenvalue weighted by Crippen LogP contribution is -2.41. The average Bonchev–Trinajstić information content (AvgIpc) is 2.88. The molecule has 4 rings (SSSR count). The van der Waals surface area contributed by atoms with Crippen LogP contribution in [0.2, 0.25) is 0 Å². The Kier molecular flexibility index (Phi) is 5.76. The number of rotatable bonds is 6. The van der Waals surface area contributed by atoms with Crippen LogP contribution < -0.4 is 14.4 Å². The first kappa shape index (κ1) is 19.8. The molecule has 5 heteroatoms. The topological polar surface area (TPSA) is 44.9 Å². The van der Waals surface area contributed by atoms with Gasteiger partial charge in [-0.05, 0) is 81.6 Å². The van der Waals surface area contributed by atoms with Crippen molar-refractivity contribution in [3.05, 3.63) is 54.1 Å². The van der Waals surface area contributed by atoms with Crippen LogP contribution in [-0.2, 0) is 5.72 Å². The monoisotopic (exact) mass is 395 g/mol. The molecule has 0 radical (unpaired) electrons. The van der Waals surface area contributed by atoms with E-state index in [4.69, 9.17) is 9.47 Å². The maximum atomic E-state index is 11.9. The quantitative estimate of drug-likeness (QED) is 0.747. The number of anilines is 1. The van der Waals surface area contributed by atoms with Crippen LogP contribution >= 0.6 is 0 Å². The Bertz CT molecular complexity index is 861. The third-order valence-corrected chi connectivity index (χ3v) is 5.82. The summed E-state index contributed by atoms with van der Waals surface area (Å²) in [5.41, 5.74) is 0.967. The lowest BCUT2D eigenvalue weighted by Gasteiger charge is -2.23. The molecule has 2 aliphatic heterocycles. The van der Waals surface area contributed by atoms with E-state index in [-0.39, 0.29) is 0 Å². The van der Waals surface area contributed by atoms with Crippen molar-refractivity contribution in [3.63, 3.8) is 0 Å². The summed E-state index contributed by atoms with van der Waals surface area (Å²) in [5.74, 6) is 2.92. The molecule has 1 N–H and O–H groups in total. The first-order chi connectivity index (χ1) is 14.2. The Morgan fingerprint density at radius 2 is 1.52 bits per heavy atom. The van der Waals surface area contributed by atoms with Gasteiger partial charge in [0, 0.05) is 12.0 Å². The van der Waals surface area contributed by atoms with Crippen molar-refractivity contribution in [1.82, 2.24) is 0 Å². The van der Waals surface area contributed by atoms with Crippen LogP contribution in [-0.4, -0.2) is 41.8 Å². The number of β-amino-alcohol motifs (C(OH)–C–C–N with tert-alkyl or cyclic N) is 1. The van der Waals surface area contributed by atoms with E-state index in [0.29, 0.717) is 19.8 Å². The molecule has 0 fully saturated rings. The van der Waals surface area contributed by atoms with Crippen molar-refractivity contribution < 1.29 is 19.2 Å². The number of hydrogen-bond acceptors (Lipinski definition) is 4. The summed E-state index contributed by atoms with van der Waals surface area (Å²) in [4.78, 5) is 2.28. The second-order valence-corrected chi connectivity index (χ2v) is 7.67. The van der Waals surface area contributed by atoms with E-state index in [9.17, 15) is 5.11 Å². The average molecular weight is 396 g/mol. The van der Waals surface area contributed by atoms with Gasteiger partial charge >= 0.3 is 0 Å². The van der Waals surface area contributed by atoms with Crippen molar-refractivity contribution in [2.45, 2.75) is 45.3 Å². The van der Waals surface area contributed by atoms with Gasteiger partial charge in [0.25, 0.3) is 11.6 Å². The second kappa shape index (κ2) is 8.46. The van der Waals surface area contributed by atoms with Crippen LogP contribution in [0, 0.1) is 0 Å². The molecule has 0 amide bonds. The van der Waals surface area contributed by atoms with Crippen LogP contribution in [0.5, 0.6) is 11.5 Å². The first-order valence-electron chi connectivity index (χ1n) is 10.8. The van der Waals surface area contributed by atoms with E-state index in [1.165, 1.54) is 12.3 Å². The van der Waals surface area contributed by atoms with Gasteiger partial charge in [-0.3, -0.25) is 0 Å². The molecule has 2 aliphatic rings. The van der Waals surface area contributed by atoms with Crippen molar-refractivity contribution in [2.24, 2.45) is 0 Å². The Morgan fingerprint density at radius 3 is 2.14 bits per heavy atom. The lowest BCUT2D eigenvalue weighted by molar-refractivity contribution is -0.658. The van der Waals surface area contributed by atoms with E-state index in [1.807, 2.05) is 50.2 Å². The Labute approximate surface area is 173 Å². The predicted octanol–water partition coefficient (Wildman–Crippen LogP) is 4.13. The molecule has 2 heterocycles. The highest BCUT2D eigenvalue weighted by atomic mass is 16.5. The van der Waals surface area contributed by atoms with Gasteiger partial charge in [-0.1, -0.05) is 0 Å². The largest absolute Gasteiger partial charge is 0.494 e. The highest BCUT2D eigenvalue weighted by molar-refractivity contribution is 5.96. The van der Waals surface area contributed by atoms with Gasteiger partial charge in [-0.2, -0.15) is 0 Å². The number of amidine groups is 1. The maximum Gasteiger partial charge on any atom is 0.271 e. The number of aliphatic hydroxyl groups is 1. The van der Waals surface area contributed by atoms with Gasteiger partial charge in [0.05, 0.1) is 19.8 Å². The van der Waals surface area contributed by atoms with E-state index in [1.54, 1.807) is 0 Å². The molecule has 0 aromatic heterocycles. The fourth-order valence-corrected chi connectivity index (χ4v) is 4.43. The van der Waals surface area contributed by atoms with Crippen molar-refractivity contribution in [3.8, 4) is 11.5 Å². The number of nitrogens with zero attached hydrogens (tertiary/aromatic N) is 2. The van der Waals surface area contributed by atoms with Crippen LogP contribution in [0.15, 0.2) is 48.5 Å². The predicted molar refractivity (Wildman–Crippen MR) is 115 cm³/mol. The van der Waals surface area contributed by atoms with Gasteiger partial charge in [-0.15, -0.1) is 0 Å². The summed E-state index contributed by atoms with van der Waals surface area (Å²) in [7, 11) is 0. The number of benzene rings is 2. The molecule has 1 atom stereocenters. The zero-order chi connectivity index (χ0) is 20.3. The smallest absolute Gasteiger partial charge is 0.271 e. The highest BCUT2D eigenvalue weighted by Crippen LogP contribution is 2.36. The van der Waals surface area contributed by atoms with Crippen LogP contribution in [0.3, 0.4) is 0 Å². The fraction of sp³-hybridized carbons (Fsp3) is 0.458. The highest BCUT2D eigenvalue weighted by Gasteiger charge is 2.51. The van der Waals surface area contributed by atoms with Crippen LogP contribution in [0.4, 0.5) is 5.69 Å². The van der Waals surface area contributed by atoms with E-state index in [0.717, 1.165) is 48.6 Å². The van der Waals surface area contributed by atoms with Crippen molar-refractivity contribution in [1.29, 1.82) is 0 Å². The molecule has 5 nitrogen and oxygen atoms in total. The third-order valence-electron chi connectivity index (χ3n) is 5.82. The fourth-order valence-electron chi connectivity index (χ4n) is 4.43. The standard InChI is InChI=1S/C24H31N2O3/c1-3-28-21-13-9-19(10-14-21)24(27)18-25(23-8-6-5-7-17-26(23)24)20-11-15-22(16-12-20)29-4-2/h9-16,27H,3-8,17-18H2,1-2H3/q+1. The zero-order valence-electron chi connectivity index (χ0n) is 17.4. The minimum atomic E-state index is -1.04. The second-order valence-electron chi connectivity index (χ2n) is 7.67.